The molecule has 4 aromatic rings. The largest absolute Gasteiger partial charge is 0.312 e. The molecule has 0 aliphatic carbocycles. The second-order valence-corrected chi connectivity index (χ2v) is 8.26. The number of anilines is 2. The highest BCUT2D eigenvalue weighted by Crippen LogP contribution is 2.38. The van der Waals surface area contributed by atoms with E-state index in [9.17, 15) is 9.59 Å². The van der Waals surface area contributed by atoms with Gasteiger partial charge in [0.05, 0.1) is 4.88 Å². The van der Waals surface area contributed by atoms with Crippen molar-refractivity contribution in [3.8, 4) is 10.6 Å². The van der Waals surface area contributed by atoms with E-state index in [0.717, 1.165) is 10.4 Å². The van der Waals surface area contributed by atoms with E-state index in [1.165, 1.54) is 22.7 Å². The second kappa shape index (κ2) is 8.38. The monoisotopic (exact) mass is 419 g/mol. The summed E-state index contributed by atoms with van der Waals surface area (Å²) in [7, 11) is 0. The lowest BCUT2D eigenvalue weighted by Gasteiger charge is -2.04. The van der Waals surface area contributed by atoms with Crippen LogP contribution in [0.2, 0.25) is 0 Å². The second-order valence-electron chi connectivity index (χ2n) is 6.31. The summed E-state index contributed by atoms with van der Waals surface area (Å²) in [5.74, 6) is -0.458. The Morgan fingerprint density at radius 1 is 0.828 bits per heavy atom. The van der Waals surface area contributed by atoms with Gasteiger partial charge in [0, 0.05) is 11.1 Å². The third kappa shape index (κ3) is 4.42. The van der Waals surface area contributed by atoms with E-state index in [4.69, 9.17) is 0 Å². The first kappa shape index (κ1) is 19.0. The van der Waals surface area contributed by atoms with Crippen molar-refractivity contribution in [2.75, 3.05) is 10.6 Å². The van der Waals surface area contributed by atoms with Gasteiger partial charge >= 0.3 is 0 Å². The number of aryl methyl sites for hydroxylation is 1. The predicted octanol–water partition coefficient (Wildman–Crippen LogP) is 5.68. The molecule has 0 saturated heterocycles. The fourth-order valence-electron chi connectivity index (χ4n) is 2.68. The van der Waals surface area contributed by atoms with E-state index in [1.807, 2.05) is 54.8 Å². The molecule has 0 atom stereocenters. The molecule has 144 valence electrons. The van der Waals surface area contributed by atoms with Crippen LogP contribution in [-0.4, -0.2) is 16.8 Å². The molecule has 0 unspecified atom stereocenters. The summed E-state index contributed by atoms with van der Waals surface area (Å²) in [6, 6.07) is 20.2. The fourth-order valence-corrected chi connectivity index (χ4v) is 4.33. The van der Waals surface area contributed by atoms with Crippen LogP contribution in [0.15, 0.2) is 72.1 Å². The van der Waals surface area contributed by atoms with Crippen molar-refractivity contribution >= 4 is 44.6 Å². The van der Waals surface area contributed by atoms with Gasteiger partial charge in [-0.25, -0.2) is 4.98 Å². The average molecular weight is 420 g/mol. The number of carbonyl (C=O) groups excluding carboxylic acids is 2. The van der Waals surface area contributed by atoms with Crippen LogP contribution in [0.3, 0.4) is 0 Å². The van der Waals surface area contributed by atoms with Crippen LogP contribution in [-0.2, 0) is 0 Å². The van der Waals surface area contributed by atoms with Gasteiger partial charge in [-0.1, -0.05) is 53.3 Å². The zero-order valence-corrected chi connectivity index (χ0v) is 17.1. The Morgan fingerprint density at radius 2 is 1.52 bits per heavy atom. The van der Waals surface area contributed by atoms with Crippen molar-refractivity contribution in [2.24, 2.45) is 0 Å². The topological polar surface area (TPSA) is 71.1 Å². The van der Waals surface area contributed by atoms with Crippen molar-refractivity contribution in [1.29, 1.82) is 0 Å². The molecule has 0 spiro atoms. The number of rotatable bonds is 5. The van der Waals surface area contributed by atoms with Gasteiger partial charge in [-0.3, -0.25) is 14.9 Å². The number of thiazole rings is 1. The van der Waals surface area contributed by atoms with E-state index in [-0.39, 0.29) is 11.8 Å². The van der Waals surface area contributed by atoms with Crippen molar-refractivity contribution in [1.82, 2.24) is 4.98 Å². The number of aromatic nitrogens is 1. The molecule has 4 rings (SSSR count). The first-order chi connectivity index (χ1) is 14.1. The first-order valence-electron chi connectivity index (χ1n) is 8.89. The van der Waals surface area contributed by atoms with Gasteiger partial charge in [0.25, 0.3) is 11.8 Å². The maximum absolute atomic E-state index is 12.6. The molecule has 7 heteroatoms. The lowest BCUT2D eigenvalue weighted by molar-refractivity contribution is 0.101. The lowest BCUT2D eigenvalue weighted by Crippen LogP contribution is -2.11. The van der Waals surface area contributed by atoms with Gasteiger partial charge in [0.1, 0.15) is 10.7 Å². The summed E-state index contributed by atoms with van der Waals surface area (Å²) in [6.45, 7) is 1.97. The van der Waals surface area contributed by atoms with Crippen LogP contribution >= 0.6 is 22.7 Å². The quantitative estimate of drug-likeness (QED) is 0.437. The average Bonchev–Trinajstić information content (AvgIpc) is 3.39. The van der Waals surface area contributed by atoms with Gasteiger partial charge in [0.2, 0.25) is 0 Å². The smallest absolute Gasteiger partial charge is 0.257 e. The van der Waals surface area contributed by atoms with E-state index < -0.39 is 0 Å². The molecule has 0 saturated carbocycles. The molecule has 0 aliphatic rings. The summed E-state index contributed by atoms with van der Waals surface area (Å²) in [5, 5.41) is 8.74. The van der Waals surface area contributed by atoms with Crippen LogP contribution in [0.4, 0.5) is 10.1 Å². The molecular formula is C22H17N3O2S2. The molecule has 0 fully saturated rings. The summed E-state index contributed by atoms with van der Waals surface area (Å²) in [4.78, 5) is 30.6. The Balaban J connectivity index is 1.61. The van der Waals surface area contributed by atoms with Crippen LogP contribution in [0.5, 0.6) is 0 Å². The Bertz CT molecular complexity index is 1130. The van der Waals surface area contributed by atoms with Crippen LogP contribution in [0.1, 0.15) is 26.3 Å². The minimum atomic E-state index is -0.239. The zero-order chi connectivity index (χ0) is 20.2. The van der Waals surface area contributed by atoms with Crippen molar-refractivity contribution in [2.45, 2.75) is 6.92 Å². The Hall–Kier alpha value is -3.29. The number of carbonyl (C=O) groups is 2. The zero-order valence-electron chi connectivity index (χ0n) is 15.5. The SMILES string of the molecule is Cc1ccc(C(=O)Nc2nc(-c3cccs3)c(NC(=O)c3ccccc3)s2)cc1. The number of benzene rings is 2. The van der Waals surface area contributed by atoms with Gasteiger partial charge < -0.3 is 5.32 Å². The molecule has 0 aliphatic heterocycles. The molecule has 2 aromatic carbocycles. The molecule has 5 nitrogen and oxygen atoms in total. The summed E-state index contributed by atoms with van der Waals surface area (Å²) in [6.07, 6.45) is 0. The molecule has 2 aromatic heterocycles. The van der Waals surface area contributed by atoms with Crippen LogP contribution < -0.4 is 10.6 Å². The standard InChI is InChI=1S/C22H17N3O2S2/c1-14-9-11-16(12-10-14)20(27)25-22-23-18(17-8-5-13-28-17)21(29-22)24-19(26)15-6-3-2-4-7-15/h2-13H,1H3,(H,24,26)(H,23,25,27). The Morgan fingerprint density at radius 3 is 2.21 bits per heavy atom. The maximum atomic E-state index is 12.6. The van der Waals surface area contributed by atoms with Crippen molar-refractivity contribution in [3.05, 3.63) is 88.8 Å². The molecule has 2 N–H and O–H groups in total. The molecule has 0 radical (unpaired) electrons. The number of thiophene rings is 1. The number of nitrogens with zero attached hydrogens (tertiary/aromatic N) is 1. The first-order valence-corrected chi connectivity index (χ1v) is 10.6. The van der Waals surface area contributed by atoms with Gasteiger partial charge in [-0.2, -0.15) is 0 Å². The van der Waals surface area contributed by atoms with Gasteiger partial charge in [-0.05, 0) is 42.6 Å². The molecule has 2 amide bonds. The molecular weight excluding hydrogens is 402 g/mol. The molecule has 0 bridgehead atoms. The minimum Gasteiger partial charge on any atom is -0.312 e. The normalized spacial score (nSPS) is 10.5. The van der Waals surface area contributed by atoms with Crippen LogP contribution in [0.25, 0.3) is 10.6 Å². The predicted molar refractivity (Wildman–Crippen MR) is 119 cm³/mol. The van der Waals surface area contributed by atoms with Crippen molar-refractivity contribution < 1.29 is 9.59 Å². The third-order valence-corrected chi connectivity index (χ3v) is 5.94. The van der Waals surface area contributed by atoms with Gasteiger partial charge in [0.15, 0.2) is 5.13 Å². The molecule has 2 heterocycles. The third-order valence-electron chi connectivity index (χ3n) is 4.18. The minimum absolute atomic E-state index is 0.219. The summed E-state index contributed by atoms with van der Waals surface area (Å²) >= 11 is 2.76. The highest BCUT2D eigenvalue weighted by Gasteiger charge is 2.18. The van der Waals surface area contributed by atoms with Gasteiger partial charge in [-0.15, -0.1) is 11.3 Å². The summed E-state index contributed by atoms with van der Waals surface area (Å²) in [5.41, 5.74) is 2.84. The van der Waals surface area contributed by atoms with E-state index in [2.05, 4.69) is 15.6 Å². The highest BCUT2D eigenvalue weighted by molar-refractivity contribution is 7.21. The van der Waals surface area contributed by atoms with E-state index in [0.29, 0.717) is 27.0 Å². The number of hydrogen-bond donors (Lipinski definition) is 2. The number of nitrogens with one attached hydrogen (secondary N) is 2. The highest BCUT2D eigenvalue weighted by atomic mass is 32.1. The van der Waals surface area contributed by atoms with Crippen molar-refractivity contribution in [3.63, 3.8) is 0 Å². The van der Waals surface area contributed by atoms with E-state index in [1.54, 1.807) is 24.3 Å². The van der Waals surface area contributed by atoms with Crippen LogP contribution in [0, 0.1) is 6.92 Å². The number of amides is 2. The Kier molecular flexibility index (Phi) is 5.50. The maximum Gasteiger partial charge on any atom is 0.257 e. The summed E-state index contributed by atoms with van der Waals surface area (Å²) < 4.78 is 0. The fraction of sp³-hybridized carbons (Fsp3) is 0.0455. The lowest BCUT2D eigenvalue weighted by atomic mass is 10.1. The molecule has 29 heavy (non-hydrogen) atoms. The van der Waals surface area contributed by atoms with E-state index >= 15 is 0 Å². The number of hydrogen-bond acceptors (Lipinski definition) is 5. The Labute approximate surface area is 176 Å².